The molecule has 4 rings (SSSR count). The van der Waals surface area contributed by atoms with Gasteiger partial charge in [-0.15, -0.1) is 0 Å². The highest BCUT2D eigenvalue weighted by Gasteiger charge is 2.56. The summed E-state index contributed by atoms with van der Waals surface area (Å²) in [6.45, 7) is 4.45. The van der Waals surface area contributed by atoms with Gasteiger partial charge in [0.1, 0.15) is 5.25 Å². The van der Waals surface area contributed by atoms with Crippen molar-refractivity contribution >= 4 is 27.6 Å². The SMILES string of the molecule is Cc1cc(-c2cc(Cl)c(C(F)(F)F)cn2)c2c(c1)C(S(=O)(=O)N1CCNCC1)C(C)(C(=O)O)C2. The first-order chi connectivity index (χ1) is 15.8. The fourth-order valence-electron chi connectivity index (χ4n) is 4.82. The number of halogens is 4. The zero-order valence-corrected chi connectivity index (χ0v) is 20.0. The highest BCUT2D eigenvalue weighted by molar-refractivity contribution is 7.89. The van der Waals surface area contributed by atoms with Crippen LogP contribution < -0.4 is 5.32 Å². The maximum atomic E-state index is 13.7. The van der Waals surface area contributed by atoms with Crippen molar-refractivity contribution in [1.29, 1.82) is 0 Å². The number of nitrogens with zero attached hydrogens (tertiary/aromatic N) is 2. The molecule has 2 aliphatic rings. The van der Waals surface area contributed by atoms with Crippen LogP contribution in [0.5, 0.6) is 0 Å². The van der Waals surface area contributed by atoms with E-state index in [1.54, 1.807) is 19.1 Å². The van der Waals surface area contributed by atoms with Crippen LogP contribution in [0.15, 0.2) is 24.4 Å². The number of fused-ring (bicyclic) bond motifs is 1. The molecule has 1 aromatic carbocycles. The van der Waals surface area contributed by atoms with Crippen molar-refractivity contribution in [1.82, 2.24) is 14.6 Å². The summed E-state index contributed by atoms with van der Waals surface area (Å²) in [5, 5.41) is 11.3. The van der Waals surface area contributed by atoms with Crippen LogP contribution in [0.3, 0.4) is 0 Å². The van der Waals surface area contributed by atoms with Crippen molar-refractivity contribution < 1.29 is 31.5 Å². The molecule has 2 heterocycles. The Balaban J connectivity index is 1.91. The molecule has 184 valence electrons. The molecule has 0 radical (unpaired) electrons. The lowest BCUT2D eigenvalue weighted by Crippen LogP contribution is -2.50. The Bertz CT molecular complexity index is 1260. The standard InChI is InChI=1S/C22H23ClF3N3O4S/c1-12-7-13(18-9-17(23)16(11-28-18)22(24,25)26)15-10-21(2,20(30)31)19(14(15)8-12)34(32,33)29-5-3-27-4-6-29/h7-9,11,19,27H,3-6,10H2,1-2H3,(H,30,31). The molecule has 34 heavy (non-hydrogen) atoms. The van der Waals surface area contributed by atoms with Gasteiger partial charge >= 0.3 is 12.1 Å². The monoisotopic (exact) mass is 517 g/mol. The number of piperazine rings is 1. The topological polar surface area (TPSA) is 99.6 Å². The van der Waals surface area contributed by atoms with E-state index in [1.807, 2.05) is 0 Å². The lowest BCUT2D eigenvalue weighted by atomic mass is 9.86. The second-order valence-electron chi connectivity index (χ2n) is 8.90. The lowest BCUT2D eigenvalue weighted by molar-refractivity contribution is -0.147. The Hall–Kier alpha value is -2.21. The van der Waals surface area contributed by atoms with Crippen LogP contribution in [0.4, 0.5) is 13.2 Å². The van der Waals surface area contributed by atoms with Crippen LogP contribution in [0.2, 0.25) is 5.02 Å². The summed E-state index contributed by atoms with van der Waals surface area (Å²) in [6, 6.07) is 4.38. The summed E-state index contributed by atoms with van der Waals surface area (Å²) in [4.78, 5) is 16.4. The number of carbonyl (C=O) groups is 1. The molecule has 2 N–H and O–H groups in total. The van der Waals surface area contributed by atoms with Gasteiger partial charge < -0.3 is 10.4 Å². The van der Waals surface area contributed by atoms with Crippen LogP contribution >= 0.6 is 11.6 Å². The predicted molar refractivity (Wildman–Crippen MR) is 120 cm³/mol. The van der Waals surface area contributed by atoms with Gasteiger partial charge in [-0.3, -0.25) is 9.78 Å². The number of pyridine rings is 1. The van der Waals surface area contributed by atoms with E-state index in [-0.39, 0.29) is 25.2 Å². The Morgan fingerprint density at radius 1 is 1.26 bits per heavy atom. The number of carboxylic acids is 1. The number of rotatable bonds is 4. The van der Waals surface area contributed by atoms with E-state index >= 15 is 0 Å². The number of sulfonamides is 1. The van der Waals surface area contributed by atoms with Crippen LogP contribution in [0.25, 0.3) is 11.3 Å². The number of aryl methyl sites for hydroxylation is 1. The predicted octanol–water partition coefficient (Wildman–Crippen LogP) is 3.65. The van der Waals surface area contributed by atoms with E-state index in [0.717, 1.165) is 6.07 Å². The molecule has 2 aromatic rings. The average Bonchev–Trinajstić information content (AvgIpc) is 3.06. The summed E-state index contributed by atoms with van der Waals surface area (Å²) < 4.78 is 68.2. The largest absolute Gasteiger partial charge is 0.481 e. The summed E-state index contributed by atoms with van der Waals surface area (Å²) in [6.07, 6.45) is -4.17. The van der Waals surface area contributed by atoms with E-state index in [2.05, 4.69) is 10.3 Å². The molecule has 2 atom stereocenters. The first-order valence-corrected chi connectivity index (χ1v) is 12.4. The van der Waals surface area contributed by atoms with Crippen LogP contribution in [0.1, 0.15) is 34.4 Å². The van der Waals surface area contributed by atoms with Crippen molar-refractivity contribution in [2.24, 2.45) is 5.41 Å². The van der Waals surface area contributed by atoms with Crippen LogP contribution in [-0.2, 0) is 27.4 Å². The van der Waals surface area contributed by atoms with Gasteiger partial charge in [-0.05, 0) is 43.5 Å². The molecule has 1 saturated heterocycles. The van der Waals surface area contributed by atoms with Gasteiger partial charge in [-0.2, -0.15) is 17.5 Å². The maximum absolute atomic E-state index is 13.7. The van der Waals surface area contributed by atoms with Crippen molar-refractivity contribution in [2.45, 2.75) is 31.7 Å². The quantitative estimate of drug-likeness (QED) is 0.642. The van der Waals surface area contributed by atoms with Crippen molar-refractivity contribution in [2.75, 3.05) is 26.2 Å². The number of alkyl halides is 3. The fourth-order valence-corrected chi connectivity index (χ4v) is 7.44. The first-order valence-electron chi connectivity index (χ1n) is 10.6. The minimum Gasteiger partial charge on any atom is -0.481 e. The van der Waals surface area contributed by atoms with E-state index in [1.165, 1.54) is 11.2 Å². The third-order valence-corrected chi connectivity index (χ3v) is 9.26. The second-order valence-corrected chi connectivity index (χ2v) is 11.3. The van der Waals surface area contributed by atoms with Crippen LogP contribution in [-0.4, -0.2) is 55.0 Å². The molecule has 2 unspecified atom stereocenters. The number of nitrogens with one attached hydrogen (secondary N) is 1. The zero-order chi connectivity index (χ0) is 25.1. The lowest BCUT2D eigenvalue weighted by Gasteiger charge is -2.34. The molecule has 1 aliphatic carbocycles. The number of hydrogen-bond acceptors (Lipinski definition) is 5. The molecule has 1 aliphatic heterocycles. The number of aromatic nitrogens is 1. The Kier molecular flexibility index (Phi) is 6.20. The molecule has 0 bridgehead atoms. The van der Waals surface area contributed by atoms with Gasteiger partial charge in [0.2, 0.25) is 10.0 Å². The minimum atomic E-state index is -4.68. The summed E-state index contributed by atoms with van der Waals surface area (Å²) in [7, 11) is -4.06. The third-order valence-electron chi connectivity index (χ3n) is 6.49. The molecular weight excluding hydrogens is 495 g/mol. The Morgan fingerprint density at radius 3 is 2.47 bits per heavy atom. The van der Waals surface area contributed by atoms with Gasteiger partial charge in [-0.1, -0.05) is 23.2 Å². The molecule has 0 saturated carbocycles. The Labute approximate surface area is 200 Å². The normalized spacial score (nSPS) is 23.6. The highest BCUT2D eigenvalue weighted by Crippen LogP contribution is 2.54. The van der Waals surface area contributed by atoms with Crippen LogP contribution in [0, 0.1) is 12.3 Å². The first kappa shape index (κ1) is 24.9. The van der Waals surface area contributed by atoms with Gasteiger partial charge in [0.05, 0.1) is 21.7 Å². The molecule has 1 aromatic heterocycles. The summed E-state index contributed by atoms with van der Waals surface area (Å²) in [5.41, 5.74) is -0.885. The van der Waals surface area contributed by atoms with Crippen molar-refractivity contribution in [3.63, 3.8) is 0 Å². The fraction of sp³-hybridized carbons (Fsp3) is 0.455. The highest BCUT2D eigenvalue weighted by atomic mass is 35.5. The number of aliphatic carboxylic acids is 1. The average molecular weight is 518 g/mol. The van der Waals surface area contributed by atoms with Gasteiger partial charge in [0, 0.05) is 37.9 Å². The second kappa shape index (κ2) is 8.47. The molecule has 1 fully saturated rings. The Morgan fingerprint density at radius 2 is 1.91 bits per heavy atom. The van der Waals surface area contributed by atoms with Crippen molar-refractivity contribution in [3.8, 4) is 11.3 Å². The minimum absolute atomic E-state index is 0.117. The smallest absolute Gasteiger partial charge is 0.419 e. The van der Waals surface area contributed by atoms with Crippen molar-refractivity contribution in [3.05, 3.63) is 51.7 Å². The molecular formula is C22H23ClF3N3O4S. The summed E-state index contributed by atoms with van der Waals surface area (Å²) >= 11 is 5.90. The number of benzene rings is 1. The van der Waals surface area contributed by atoms with E-state index in [9.17, 15) is 31.5 Å². The van der Waals surface area contributed by atoms with Gasteiger partial charge in [0.15, 0.2) is 0 Å². The number of hydrogen-bond donors (Lipinski definition) is 2. The van der Waals surface area contributed by atoms with Gasteiger partial charge in [0.25, 0.3) is 0 Å². The summed E-state index contributed by atoms with van der Waals surface area (Å²) in [5.74, 6) is -1.27. The third kappa shape index (κ3) is 4.08. The zero-order valence-electron chi connectivity index (χ0n) is 18.4. The molecule has 0 spiro atoms. The van der Waals surface area contributed by atoms with E-state index in [0.29, 0.717) is 41.5 Å². The van der Waals surface area contributed by atoms with E-state index in [4.69, 9.17) is 11.6 Å². The molecule has 12 heteroatoms. The van der Waals surface area contributed by atoms with Gasteiger partial charge in [-0.25, -0.2) is 8.42 Å². The molecule has 7 nitrogen and oxygen atoms in total. The molecule has 0 amide bonds. The maximum Gasteiger partial charge on any atom is 0.419 e. The van der Waals surface area contributed by atoms with E-state index < -0.39 is 43.4 Å². The number of carboxylic acid groups (broad SMARTS) is 1.